The molecule has 0 bridgehead atoms. The zero-order chi connectivity index (χ0) is 21.3. The molecule has 2 aromatic carbocycles. The van der Waals surface area contributed by atoms with Crippen molar-refractivity contribution >= 4 is 6.09 Å². The minimum absolute atomic E-state index is 0.148. The van der Waals surface area contributed by atoms with Crippen LogP contribution in [-0.4, -0.2) is 29.3 Å². The van der Waals surface area contributed by atoms with Gasteiger partial charge in [-0.2, -0.15) is 0 Å². The zero-order valence-corrected chi connectivity index (χ0v) is 17.0. The summed E-state index contributed by atoms with van der Waals surface area (Å²) in [7, 11) is 0. The van der Waals surface area contributed by atoms with Gasteiger partial charge in [0.25, 0.3) is 0 Å². The van der Waals surface area contributed by atoms with Crippen molar-refractivity contribution in [1.29, 1.82) is 0 Å². The molecule has 2 rings (SSSR count). The van der Waals surface area contributed by atoms with Crippen molar-refractivity contribution in [3.05, 3.63) is 81.9 Å². The Labute approximate surface area is 171 Å². The lowest BCUT2D eigenvalue weighted by atomic mass is 9.97. The fourth-order valence-corrected chi connectivity index (χ4v) is 2.86. The van der Waals surface area contributed by atoms with Gasteiger partial charge < -0.3 is 14.8 Å². The number of nitrogens with one attached hydrogen (secondary N) is 1. The molecule has 0 unspecified atom stereocenters. The van der Waals surface area contributed by atoms with E-state index in [-0.39, 0.29) is 18.0 Å². The van der Waals surface area contributed by atoms with Crippen LogP contribution in [0.2, 0.25) is 0 Å². The fraction of sp³-hybridized carbons (Fsp3) is 0.409. The first-order valence-electron chi connectivity index (χ1n) is 9.56. The average molecular weight is 400 g/mol. The summed E-state index contributed by atoms with van der Waals surface area (Å²) in [5.74, 6) is 0. The van der Waals surface area contributed by atoms with Crippen LogP contribution in [-0.2, 0) is 16.1 Å². The molecule has 0 heterocycles. The minimum Gasteiger partial charge on any atom is -0.444 e. The Balaban J connectivity index is 2.07. The molecule has 2 aromatic rings. The molecule has 0 spiro atoms. The van der Waals surface area contributed by atoms with E-state index < -0.39 is 23.8 Å². The summed E-state index contributed by atoms with van der Waals surface area (Å²) in [4.78, 5) is 23.7. The third kappa shape index (κ3) is 7.91. The van der Waals surface area contributed by atoms with Crippen molar-refractivity contribution in [2.75, 3.05) is 6.61 Å². The first-order valence-corrected chi connectivity index (χ1v) is 9.56. The second kappa shape index (κ2) is 10.6. The SMILES string of the molecule is CC(C)(C)OC(=O)N[C@H](c1ccccc1)[C@H](CCOCc1ccccc1)[N+](=O)[O-]. The molecule has 1 N–H and O–H groups in total. The van der Waals surface area contributed by atoms with Crippen molar-refractivity contribution in [3.8, 4) is 0 Å². The number of hydrogen-bond donors (Lipinski definition) is 1. The lowest BCUT2D eigenvalue weighted by molar-refractivity contribution is -0.529. The highest BCUT2D eigenvalue weighted by Gasteiger charge is 2.35. The Morgan fingerprint density at radius 2 is 1.66 bits per heavy atom. The predicted molar refractivity (Wildman–Crippen MR) is 110 cm³/mol. The van der Waals surface area contributed by atoms with E-state index in [1.807, 2.05) is 36.4 Å². The highest BCUT2D eigenvalue weighted by molar-refractivity contribution is 5.68. The lowest BCUT2D eigenvalue weighted by Crippen LogP contribution is -2.43. The topological polar surface area (TPSA) is 90.7 Å². The number of carbonyl (C=O) groups excluding carboxylic acids is 1. The third-order valence-corrected chi connectivity index (χ3v) is 4.16. The molecule has 7 nitrogen and oxygen atoms in total. The van der Waals surface area contributed by atoms with Gasteiger partial charge in [0.05, 0.1) is 13.2 Å². The number of amides is 1. The number of carbonyl (C=O) groups is 1. The maximum absolute atomic E-state index is 12.3. The highest BCUT2D eigenvalue weighted by atomic mass is 16.6. The van der Waals surface area contributed by atoms with Crippen LogP contribution in [0.1, 0.15) is 44.4 Å². The van der Waals surface area contributed by atoms with Gasteiger partial charge in [-0.15, -0.1) is 0 Å². The Kier molecular flexibility index (Phi) is 8.15. The number of benzene rings is 2. The normalized spacial score (nSPS) is 13.3. The van der Waals surface area contributed by atoms with E-state index in [4.69, 9.17) is 9.47 Å². The first kappa shape index (κ1) is 22.4. The largest absolute Gasteiger partial charge is 0.444 e. The minimum atomic E-state index is -1.05. The van der Waals surface area contributed by atoms with E-state index in [0.717, 1.165) is 5.56 Å². The summed E-state index contributed by atoms with van der Waals surface area (Å²) in [6.07, 6.45) is -0.543. The molecular formula is C22H28N2O5. The number of nitro groups is 1. The van der Waals surface area contributed by atoms with Gasteiger partial charge in [-0.3, -0.25) is 10.1 Å². The van der Waals surface area contributed by atoms with Crippen molar-refractivity contribution < 1.29 is 19.2 Å². The molecule has 2 atom stereocenters. The van der Waals surface area contributed by atoms with Crippen molar-refractivity contribution in [2.24, 2.45) is 0 Å². The van der Waals surface area contributed by atoms with Gasteiger partial charge in [-0.25, -0.2) is 4.79 Å². The summed E-state index contributed by atoms with van der Waals surface area (Å²) in [6.45, 7) is 5.80. The van der Waals surface area contributed by atoms with E-state index >= 15 is 0 Å². The molecule has 156 valence electrons. The molecular weight excluding hydrogens is 372 g/mol. The van der Waals surface area contributed by atoms with Gasteiger partial charge >= 0.3 is 6.09 Å². The molecule has 0 fully saturated rings. The molecule has 29 heavy (non-hydrogen) atoms. The van der Waals surface area contributed by atoms with Crippen LogP contribution < -0.4 is 5.32 Å². The monoisotopic (exact) mass is 400 g/mol. The highest BCUT2D eigenvalue weighted by Crippen LogP contribution is 2.22. The molecule has 1 amide bonds. The van der Waals surface area contributed by atoms with E-state index in [0.29, 0.717) is 12.2 Å². The molecule has 0 saturated heterocycles. The van der Waals surface area contributed by atoms with E-state index in [1.165, 1.54) is 0 Å². The maximum Gasteiger partial charge on any atom is 0.408 e. The Hall–Kier alpha value is -2.93. The van der Waals surface area contributed by atoms with Gasteiger partial charge in [-0.1, -0.05) is 60.7 Å². The van der Waals surface area contributed by atoms with Crippen molar-refractivity contribution in [1.82, 2.24) is 5.32 Å². The van der Waals surface area contributed by atoms with Crippen LogP contribution in [0.3, 0.4) is 0 Å². The van der Waals surface area contributed by atoms with Crippen LogP contribution in [0.25, 0.3) is 0 Å². The zero-order valence-electron chi connectivity index (χ0n) is 17.0. The number of alkyl carbamates (subject to hydrolysis) is 1. The number of ether oxygens (including phenoxy) is 2. The Bertz CT molecular complexity index is 775. The molecule has 0 aromatic heterocycles. The molecule has 0 saturated carbocycles. The average Bonchev–Trinajstić information content (AvgIpc) is 2.66. The molecule has 0 aliphatic carbocycles. The maximum atomic E-state index is 12.3. The summed E-state index contributed by atoms with van der Waals surface area (Å²) >= 11 is 0. The fourth-order valence-electron chi connectivity index (χ4n) is 2.86. The predicted octanol–water partition coefficient (Wildman–Crippen LogP) is 4.50. The van der Waals surface area contributed by atoms with Crippen LogP contribution in [0.5, 0.6) is 0 Å². The summed E-state index contributed by atoms with van der Waals surface area (Å²) in [5.41, 5.74) is 0.938. The van der Waals surface area contributed by atoms with Crippen molar-refractivity contribution in [2.45, 2.75) is 51.5 Å². The van der Waals surface area contributed by atoms with E-state index in [1.54, 1.807) is 45.0 Å². The molecule has 0 aliphatic rings. The smallest absolute Gasteiger partial charge is 0.408 e. The van der Waals surface area contributed by atoms with E-state index in [2.05, 4.69) is 5.32 Å². The Morgan fingerprint density at radius 1 is 1.07 bits per heavy atom. The standard InChI is InChI=1S/C22H28N2O5/c1-22(2,3)29-21(25)23-20(18-12-8-5-9-13-18)19(24(26)27)14-15-28-16-17-10-6-4-7-11-17/h4-13,19-20H,14-16H2,1-3H3,(H,23,25)/t19-,20+/m0/s1. The van der Waals surface area contributed by atoms with Gasteiger partial charge in [-0.05, 0) is 31.9 Å². The first-order chi connectivity index (χ1) is 13.8. The third-order valence-electron chi connectivity index (χ3n) is 4.16. The van der Waals surface area contributed by atoms with Gasteiger partial charge in [0.1, 0.15) is 11.6 Å². The van der Waals surface area contributed by atoms with Crippen LogP contribution in [0.15, 0.2) is 60.7 Å². The lowest BCUT2D eigenvalue weighted by Gasteiger charge is -2.25. The van der Waals surface area contributed by atoms with Crippen molar-refractivity contribution in [3.63, 3.8) is 0 Å². The second-order valence-corrected chi connectivity index (χ2v) is 7.71. The summed E-state index contributed by atoms with van der Waals surface area (Å²) in [5, 5.41) is 14.5. The number of hydrogen-bond acceptors (Lipinski definition) is 5. The van der Waals surface area contributed by atoms with Gasteiger partial charge in [0.15, 0.2) is 0 Å². The summed E-state index contributed by atoms with van der Waals surface area (Å²) < 4.78 is 10.9. The second-order valence-electron chi connectivity index (χ2n) is 7.71. The van der Waals surface area contributed by atoms with Crippen LogP contribution >= 0.6 is 0 Å². The molecule has 0 aliphatic heterocycles. The Morgan fingerprint density at radius 3 is 2.21 bits per heavy atom. The number of rotatable bonds is 9. The van der Waals surface area contributed by atoms with Gasteiger partial charge in [0, 0.05) is 11.3 Å². The number of nitrogens with zero attached hydrogens (tertiary/aromatic N) is 1. The van der Waals surface area contributed by atoms with E-state index in [9.17, 15) is 14.9 Å². The molecule has 7 heteroatoms. The van der Waals surface area contributed by atoms with Gasteiger partial charge in [0.2, 0.25) is 6.04 Å². The van der Waals surface area contributed by atoms with Crippen LogP contribution in [0.4, 0.5) is 4.79 Å². The van der Waals surface area contributed by atoms with Crippen LogP contribution in [0, 0.1) is 10.1 Å². The quantitative estimate of drug-likeness (QED) is 0.380. The summed E-state index contributed by atoms with van der Waals surface area (Å²) in [6, 6.07) is 16.6. The molecule has 0 radical (unpaired) electrons.